The van der Waals surface area contributed by atoms with E-state index in [-0.39, 0.29) is 5.69 Å². The van der Waals surface area contributed by atoms with Gasteiger partial charge in [0.1, 0.15) is 5.75 Å². The molecule has 6 nitrogen and oxygen atoms in total. The minimum Gasteiger partial charge on any atom is -0.497 e. The molecule has 0 aliphatic carbocycles. The molecule has 1 saturated heterocycles. The van der Waals surface area contributed by atoms with Crippen molar-refractivity contribution in [3.05, 3.63) is 71.0 Å². The predicted molar refractivity (Wildman–Crippen MR) is 119 cm³/mol. The highest BCUT2D eigenvalue weighted by molar-refractivity contribution is 6.30. The van der Waals surface area contributed by atoms with E-state index in [4.69, 9.17) is 16.3 Å². The number of methoxy groups -OCH3 is 1. The number of nitrogens with zero attached hydrogens (tertiary/aromatic N) is 4. The Balaban J connectivity index is 1.57. The van der Waals surface area contributed by atoms with Crippen LogP contribution < -0.4 is 9.64 Å². The molecule has 2 heterocycles. The van der Waals surface area contributed by atoms with Crippen LogP contribution in [0.4, 0.5) is 18.9 Å². The van der Waals surface area contributed by atoms with Gasteiger partial charge >= 0.3 is 6.18 Å². The molecule has 33 heavy (non-hydrogen) atoms. The Kier molecular flexibility index (Phi) is 6.51. The van der Waals surface area contributed by atoms with Crippen LogP contribution in [0.5, 0.6) is 5.75 Å². The lowest BCUT2D eigenvalue weighted by atomic mass is 10.2. The molecule has 0 unspecified atom stereocenters. The number of hydrogen-bond acceptors (Lipinski definition) is 4. The van der Waals surface area contributed by atoms with Gasteiger partial charge in [-0.15, -0.1) is 0 Å². The molecule has 1 aromatic heterocycles. The van der Waals surface area contributed by atoms with Crippen molar-refractivity contribution in [3.63, 3.8) is 0 Å². The Bertz CT molecular complexity index is 1110. The van der Waals surface area contributed by atoms with Crippen LogP contribution in [-0.2, 0) is 6.18 Å². The first-order chi connectivity index (χ1) is 15.8. The normalized spacial score (nSPS) is 14.8. The third-order valence-corrected chi connectivity index (χ3v) is 5.81. The number of aromatic nitrogens is 2. The van der Waals surface area contributed by atoms with E-state index < -0.39 is 23.3 Å². The van der Waals surface area contributed by atoms with Gasteiger partial charge in [0.2, 0.25) is 0 Å². The maximum Gasteiger partial charge on any atom is 0.434 e. The van der Waals surface area contributed by atoms with Crippen LogP contribution in [0.3, 0.4) is 0 Å². The Morgan fingerprint density at radius 1 is 0.970 bits per heavy atom. The Hall–Kier alpha value is -3.20. The summed E-state index contributed by atoms with van der Waals surface area (Å²) in [6.07, 6.45) is -3.14. The molecule has 0 N–H and O–H groups in total. The number of hydrogen-bond donors (Lipinski definition) is 0. The van der Waals surface area contributed by atoms with E-state index in [0.29, 0.717) is 37.6 Å². The molecule has 0 spiro atoms. The number of halogens is 4. The zero-order chi connectivity index (χ0) is 23.6. The zero-order valence-electron chi connectivity index (χ0n) is 17.8. The highest BCUT2D eigenvalue weighted by atomic mass is 35.5. The van der Waals surface area contributed by atoms with E-state index in [1.807, 2.05) is 24.3 Å². The average Bonchev–Trinajstić information content (AvgIpc) is 3.11. The van der Waals surface area contributed by atoms with E-state index >= 15 is 0 Å². The number of benzene rings is 2. The van der Waals surface area contributed by atoms with Gasteiger partial charge in [-0.05, 0) is 55.0 Å². The summed E-state index contributed by atoms with van der Waals surface area (Å²) in [6, 6.07) is 13.4. The second-order valence-electron chi connectivity index (χ2n) is 7.62. The van der Waals surface area contributed by atoms with Crippen molar-refractivity contribution in [1.29, 1.82) is 0 Å². The number of rotatable bonds is 4. The van der Waals surface area contributed by atoms with Crippen molar-refractivity contribution in [2.45, 2.75) is 12.6 Å². The van der Waals surface area contributed by atoms with Gasteiger partial charge in [-0.3, -0.25) is 4.79 Å². The minimum absolute atomic E-state index is 0.173. The zero-order valence-corrected chi connectivity index (χ0v) is 18.6. The van der Waals surface area contributed by atoms with Crippen molar-refractivity contribution >= 4 is 23.2 Å². The Labute approximate surface area is 194 Å². The lowest BCUT2D eigenvalue weighted by molar-refractivity contribution is -0.143. The van der Waals surface area contributed by atoms with Crippen molar-refractivity contribution in [3.8, 4) is 11.4 Å². The molecule has 0 saturated carbocycles. The lowest BCUT2D eigenvalue weighted by Crippen LogP contribution is -2.36. The van der Waals surface area contributed by atoms with Gasteiger partial charge in [0.15, 0.2) is 5.69 Å². The van der Waals surface area contributed by atoms with Gasteiger partial charge in [0.25, 0.3) is 5.91 Å². The van der Waals surface area contributed by atoms with Crippen molar-refractivity contribution in [2.24, 2.45) is 0 Å². The molecule has 0 radical (unpaired) electrons. The Morgan fingerprint density at radius 2 is 1.64 bits per heavy atom. The molecule has 0 atom stereocenters. The maximum atomic E-state index is 14.0. The van der Waals surface area contributed by atoms with Crippen molar-refractivity contribution in [2.75, 3.05) is 38.2 Å². The quantitative estimate of drug-likeness (QED) is 0.535. The van der Waals surface area contributed by atoms with Gasteiger partial charge < -0.3 is 14.5 Å². The second kappa shape index (κ2) is 9.35. The van der Waals surface area contributed by atoms with Crippen LogP contribution in [0.25, 0.3) is 5.69 Å². The maximum absolute atomic E-state index is 14.0. The first-order valence-electron chi connectivity index (χ1n) is 10.4. The molecule has 174 valence electrons. The van der Waals surface area contributed by atoms with Crippen LogP contribution in [0.1, 0.15) is 22.5 Å². The molecule has 10 heteroatoms. The summed E-state index contributed by atoms with van der Waals surface area (Å²) in [5, 5.41) is 4.28. The summed E-state index contributed by atoms with van der Waals surface area (Å²) in [7, 11) is 1.59. The van der Waals surface area contributed by atoms with E-state index in [1.165, 1.54) is 29.2 Å². The standard InChI is InChI=1S/C23H22ClF3N4O2/c1-33-19-9-7-17(8-10-19)29-11-2-12-30(14-13-29)22(32)20-15-28-31(21(20)23(25,26)27)18-5-3-16(24)4-6-18/h3-10,15H,2,11-14H2,1H3. The predicted octanol–water partition coefficient (Wildman–Crippen LogP) is 4.91. The molecule has 1 aliphatic rings. The lowest BCUT2D eigenvalue weighted by Gasteiger charge is -2.24. The largest absolute Gasteiger partial charge is 0.497 e. The van der Waals surface area contributed by atoms with Gasteiger partial charge in [0, 0.05) is 36.9 Å². The summed E-state index contributed by atoms with van der Waals surface area (Å²) < 4.78 is 47.9. The molecular weight excluding hydrogens is 457 g/mol. The van der Waals surface area contributed by atoms with Crippen LogP contribution in [0.15, 0.2) is 54.7 Å². The highest BCUT2D eigenvalue weighted by Crippen LogP contribution is 2.34. The van der Waals surface area contributed by atoms with Crippen molar-refractivity contribution in [1.82, 2.24) is 14.7 Å². The van der Waals surface area contributed by atoms with E-state index in [9.17, 15) is 18.0 Å². The van der Waals surface area contributed by atoms with Crippen LogP contribution >= 0.6 is 11.6 Å². The number of carbonyl (C=O) groups is 1. The topological polar surface area (TPSA) is 50.6 Å². The van der Waals surface area contributed by atoms with Crippen LogP contribution in [0, 0.1) is 0 Å². The summed E-state index contributed by atoms with van der Waals surface area (Å²) in [5.74, 6) is 0.0573. The summed E-state index contributed by atoms with van der Waals surface area (Å²) in [5.41, 5.74) is -0.412. The first kappa shape index (κ1) is 23.0. The molecule has 3 aromatic rings. The molecule has 4 rings (SSSR count). The van der Waals surface area contributed by atoms with E-state index in [1.54, 1.807) is 7.11 Å². The fraction of sp³-hybridized carbons (Fsp3) is 0.304. The van der Waals surface area contributed by atoms with E-state index in [2.05, 4.69) is 10.00 Å². The SMILES string of the molecule is COc1ccc(N2CCCN(C(=O)c3cnn(-c4ccc(Cl)cc4)c3C(F)(F)F)CC2)cc1. The van der Waals surface area contributed by atoms with Gasteiger partial charge in [-0.2, -0.15) is 18.3 Å². The third-order valence-electron chi connectivity index (χ3n) is 5.56. The van der Waals surface area contributed by atoms with Gasteiger partial charge in [-0.25, -0.2) is 4.68 Å². The third kappa shape index (κ3) is 4.93. The van der Waals surface area contributed by atoms with E-state index in [0.717, 1.165) is 22.3 Å². The molecular formula is C23H22ClF3N4O2. The first-order valence-corrected chi connectivity index (χ1v) is 10.7. The number of carbonyl (C=O) groups excluding carboxylic acids is 1. The van der Waals surface area contributed by atoms with Crippen LogP contribution in [-0.4, -0.2) is 53.9 Å². The van der Waals surface area contributed by atoms with Crippen LogP contribution in [0.2, 0.25) is 5.02 Å². The molecule has 2 aromatic carbocycles. The molecule has 1 amide bonds. The smallest absolute Gasteiger partial charge is 0.434 e. The molecule has 1 aliphatic heterocycles. The number of anilines is 1. The summed E-state index contributed by atoms with van der Waals surface area (Å²) in [4.78, 5) is 16.7. The fourth-order valence-electron chi connectivity index (χ4n) is 3.90. The summed E-state index contributed by atoms with van der Waals surface area (Å²) in [6.45, 7) is 1.85. The minimum atomic E-state index is -4.76. The Morgan fingerprint density at radius 3 is 2.27 bits per heavy atom. The van der Waals surface area contributed by atoms with Gasteiger partial charge in [0.05, 0.1) is 24.6 Å². The number of amides is 1. The monoisotopic (exact) mass is 478 g/mol. The van der Waals surface area contributed by atoms with Gasteiger partial charge in [-0.1, -0.05) is 11.6 Å². The van der Waals surface area contributed by atoms with Crippen molar-refractivity contribution < 1.29 is 22.7 Å². The molecule has 1 fully saturated rings. The average molecular weight is 479 g/mol. The molecule has 0 bridgehead atoms. The fourth-order valence-corrected chi connectivity index (χ4v) is 4.02. The number of alkyl halides is 3. The summed E-state index contributed by atoms with van der Waals surface area (Å²) >= 11 is 5.85. The second-order valence-corrected chi connectivity index (χ2v) is 8.06. The number of ether oxygens (including phenoxy) is 1. The highest BCUT2D eigenvalue weighted by Gasteiger charge is 2.41.